The Balaban J connectivity index is 2.67. The lowest BCUT2D eigenvalue weighted by atomic mass is 10.0. The Kier molecular flexibility index (Phi) is 1.18. The zero-order valence-corrected chi connectivity index (χ0v) is 7.62. The lowest BCUT2D eigenvalue weighted by molar-refractivity contribution is 1.76. The van der Waals surface area contributed by atoms with Gasteiger partial charge in [-0.15, -0.1) is 0 Å². The third kappa shape index (κ3) is 1.08. The van der Waals surface area contributed by atoms with E-state index in [-0.39, 0.29) is 0 Å². The van der Waals surface area contributed by atoms with Crippen LogP contribution in [0.25, 0.3) is 21.5 Å². The SMILES string of the molecule is [2H]c1c2ccccc2c([2H])c2ccccc12. The Hall–Kier alpha value is -1.82. The first-order chi connectivity index (χ1) is 7.79. The van der Waals surface area contributed by atoms with E-state index in [0.29, 0.717) is 12.1 Å². The quantitative estimate of drug-likeness (QED) is 0.459. The Bertz CT molecular complexity index is 570. The van der Waals surface area contributed by atoms with Crippen LogP contribution in [0.15, 0.2) is 60.6 Å². The van der Waals surface area contributed by atoms with E-state index in [4.69, 9.17) is 2.74 Å². The number of hydrogen-bond donors (Lipinski definition) is 0. The van der Waals surface area contributed by atoms with Crippen LogP contribution >= 0.6 is 0 Å². The van der Waals surface area contributed by atoms with Crippen molar-refractivity contribution in [2.45, 2.75) is 0 Å². The molecule has 0 aliphatic carbocycles. The number of fused-ring (bicyclic) bond motifs is 2. The van der Waals surface area contributed by atoms with Gasteiger partial charge in [0.2, 0.25) is 0 Å². The highest BCUT2D eigenvalue weighted by atomic mass is 14.0. The summed E-state index contributed by atoms with van der Waals surface area (Å²) in [6, 6.07) is 16.3. The van der Waals surface area contributed by atoms with Crippen LogP contribution in [0.5, 0.6) is 0 Å². The fourth-order valence-electron chi connectivity index (χ4n) is 1.69. The molecule has 0 aliphatic heterocycles. The van der Waals surface area contributed by atoms with Gasteiger partial charge in [-0.05, 0) is 33.6 Å². The van der Waals surface area contributed by atoms with Crippen LogP contribution in [0.2, 0.25) is 0 Å². The maximum absolute atomic E-state index is 8.15. The van der Waals surface area contributed by atoms with Gasteiger partial charge in [0.25, 0.3) is 0 Å². The standard InChI is InChI=1S/C14H10/c1-2-6-12-10-14-8-4-3-7-13(14)9-11(12)5-1/h1-10H/i9D,10D. The highest BCUT2D eigenvalue weighted by Gasteiger charge is 1.95. The summed E-state index contributed by atoms with van der Waals surface area (Å²) in [6.07, 6.45) is 0. The first-order valence-electron chi connectivity index (χ1n) is 5.65. The van der Waals surface area contributed by atoms with Gasteiger partial charge in [-0.2, -0.15) is 0 Å². The van der Waals surface area contributed by atoms with Gasteiger partial charge >= 0.3 is 0 Å². The van der Waals surface area contributed by atoms with Crippen molar-refractivity contribution in [3.8, 4) is 0 Å². The minimum absolute atomic E-state index is 0.516. The number of hydrogen-bond acceptors (Lipinski definition) is 0. The van der Waals surface area contributed by atoms with Gasteiger partial charge in [0.15, 0.2) is 0 Å². The summed E-state index contributed by atoms with van der Waals surface area (Å²) in [7, 11) is 0. The summed E-state index contributed by atoms with van der Waals surface area (Å²) in [5, 5.41) is 3.41. The van der Waals surface area contributed by atoms with Crippen LogP contribution in [-0.4, -0.2) is 0 Å². The summed E-state index contributed by atoms with van der Waals surface area (Å²) in [5.74, 6) is 0. The van der Waals surface area contributed by atoms with E-state index in [1.165, 1.54) is 0 Å². The Morgan fingerprint density at radius 3 is 1.14 bits per heavy atom. The van der Waals surface area contributed by atoms with Crippen molar-refractivity contribution in [2.24, 2.45) is 0 Å². The van der Waals surface area contributed by atoms with E-state index in [2.05, 4.69) is 0 Å². The topological polar surface area (TPSA) is 0 Å². The molecular formula is C14H10. The van der Waals surface area contributed by atoms with E-state index in [1.54, 1.807) is 0 Å². The highest BCUT2D eigenvalue weighted by Crippen LogP contribution is 2.21. The normalized spacial score (nSPS) is 12.9. The van der Waals surface area contributed by atoms with Gasteiger partial charge in [-0.1, -0.05) is 48.5 Å². The van der Waals surface area contributed by atoms with Gasteiger partial charge in [-0.3, -0.25) is 0 Å². The molecule has 0 nitrogen and oxygen atoms in total. The lowest BCUT2D eigenvalue weighted by Gasteiger charge is -2.00. The molecule has 0 unspecified atom stereocenters. The third-order valence-corrected chi connectivity index (χ3v) is 2.39. The predicted molar refractivity (Wildman–Crippen MR) is 61.5 cm³/mol. The van der Waals surface area contributed by atoms with Crippen LogP contribution in [0.4, 0.5) is 0 Å². The zero-order valence-electron chi connectivity index (χ0n) is 9.62. The molecule has 3 aromatic carbocycles. The van der Waals surface area contributed by atoms with Crippen molar-refractivity contribution in [3.05, 3.63) is 60.6 Å². The first-order valence-corrected chi connectivity index (χ1v) is 4.65. The maximum atomic E-state index is 8.15. The molecule has 0 amide bonds. The summed E-state index contributed by atoms with van der Waals surface area (Å²) in [5.41, 5.74) is 0. The molecule has 0 spiro atoms. The molecule has 0 aliphatic rings. The van der Waals surface area contributed by atoms with Crippen LogP contribution in [0.1, 0.15) is 2.74 Å². The molecule has 0 saturated carbocycles. The molecule has 0 radical (unpaired) electrons. The van der Waals surface area contributed by atoms with E-state index in [0.717, 1.165) is 21.5 Å². The Morgan fingerprint density at radius 1 is 0.571 bits per heavy atom. The minimum Gasteiger partial charge on any atom is -0.0616 e. The molecule has 0 fully saturated rings. The molecule has 14 heavy (non-hydrogen) atoms. The number of benzene rings is 3. The lowest BCUT2D eigenvalue weighted by Crippen LogP contribution is -1.74. The van der Waals surface area contributed by atoms with Gasteiger partial charge in [-0.25, -0.2) is 0 Å². The maximum Gasteiger partial charge on any atom is 0.0636 e. The fourth-order valence-corrected chi connectivity index (χ4v) is 1.69. The second-order valence-corrected chi connectivity index (χ2v) is 3.34. The summed E-state index contributed by atoms with van der Waals surface area (Å²) in [6.45, 7) is 0. The highest BCUT2D eigenvalue weighted by molar-refractivity contribution is 5.97. The zero-order chi connectivity index (χ0) is 11.1. The summed E-state index contributed by atoms with van der Waals surface area (Å²) >= 11 is 0. The van der Waals surface area contributed by atoms with E-state index in [1.807, 2.05) is 48.5 Å². The summed E-state index contributed by atoms with van der Waals surface area (Å²) < 4.78 is 16.3. The molecule has 0 heteroatoms. The van der Waals surface area contributed by atoms with Crippen molar-refractivity contribution in [1.82, 2.24) is 0 Å². The van der Waals surface area contributed by atoms with E-state index >= 15 is 0 Å². The molecule has 0 aromatic heterocycles. The van der Waals surface area contributed by atoms with Crippen molar-refractivity contribution >= 4 is 21.5 Å². The number of rotatable bonds is 0. The van der Waals surface area contributed by atoms with Crippen LogP contribution in [0, 0.1) is 0 Å². The van der Waals surface area contributed by atoms with Crippen molar-refractivity contribution in [3.63, 3.8) is 0 Å². The predicted octanol–water partition coefficient (Wildman–Crippen LogP) is 3.99. The third-order valence-electron chi connectivity index (χ3n) is 2.39. The van der Waals surface area contributed by atoms with Crippen molar-refractivity contribution in [2.75, 3.05) is 0 Å². The summed E-state index contributed by atoms with van der Waals surface area (Å²) in [4.78, 5) is 0. The smallest absolute Gasteiger partial charge is 0.0616 e. The molecule has 0 bridgehead atoms. The van der Waals surface area contributed by atoms with Gasteiger partial charge in [0, 0.05) is 0 Å². The fraction of sp³-hybridized carbons (Fsp3) is 0. The molecule has 66 valence electrons. The van der Waals surface area contributed by atoms with Crippen LogP contribution in [0.3, 0.4) is 0 Å². The minimum atomic E-state index is 0.516. The monoisotopic (exact) mass is 180 g/mol. The Labute approximate surface area is 85.6 Å². The van der Waals surface area contributed by atoms with Gasteiger partial charge in [0.1, 0.15) is 0 Å². The molecular weight excluding hydrogens is 168 g/mol. The van der Waals surface area contributed by atoms with E-state index < -0.39 is 0 Å². The first kappa shape index (κ1) is 5.82. The van der Waals surface area contributed by atoms with Gasteiger partial charge < -0.3 is 0 Å². The van der Waals surface area contributed by atoms with Crippen molar-refractivity contribution in [1.29, 1.82) is 0 Å². The second kappa shape index (κ2) is 2.85. The molecule has 0 N–H and O–H groups in total. The second-order valence-electron chi connectivity index (χ2n) is 3.34. The average Bonchev–Trinajstić information content (AvgIpc) is 2.36. The molecule has 3 rings (SSSR count). The molecule has 0 heterocycles. The van der Waals surface area contributed by atoms with Gasteiger partial charge in [0.05, 0.1) is 2.74 Å². The van der Waals surface area contributed by atoms with Crippen molar-refractivity contribution < 1.29 is 2.74 Å². The molecule has 0 saturated heterocycles. The average molecular weight is 180 g/mol. The van der Waals surface area contributed by atoms with Crippen LogP contribution < -0.4 is 0 Å². The van der Waals surface area contributed by atoms with Crippen LogP contribution in [-0.2, 0) is 0 Å². The Morgan fingerprint density at radius 2 is 0.857 bits per heavy atom. The molecule has 0 atom stereocenters. The molecule has 3 aromatic rings. The largest absolute Gasteiger partial charge is 0.0636 e. The van der Waals surface area contributed by atoms with E-state index in [9.17, 15) is 0 Å².